The number of ether oxygens (including phenoxy) is 1. The number of hydrogen-bond donors (Lipinski definition) is 1. The van der Waals surface area contributed by atoms with Gasteiger partial charge in [0.15, 0.2) is 0 Å². The topological polar surface area (TPSA) is 95.5 Å². The van der Waals surface area contributed by atoms with Gasteiger partial charge in [0.05, 0.1) is 12.8 Å². The van der Waals surface area contributed by atoms with E-state index in [4.69, 9.17) is 15.6 Å². The van der Waals surface area contributed by atoms with Crippen molar-refractivity contribution in [1.29, 1.82) is 0 Å². The quantitative estimate of drug-likeness (QED) is 0.445. The summed E-state index contributed by atoms with van der Waals surface area (Å²) in [5.74, 6) is 2.42. The average molecular weight is 495 g/mol. The van der Waals surface area contributed by atoms with E-state index in [1.54, 1.807) is 12.1 Å². The zero-order chi connectivity index (χ0) is 24.9. The Kier molecular flexibility index (Phi) is 7.98. The number of aliphatic imine (C=N–C) groups is 1. The summed E-state index contributed by atoms with van der Waals surface area (Å²) in [5, 5.41) is 7.41. The Morgan fingerprint density at radius 1 is 1.29 bits per heavy atom. The van der Waals surface area contributed by atoms with Crippen LogP contribution in [0.4, 0.5) is 11.6 Å². The number of para-hydroxylation sites is 1. The first-order chi connectivity index (χ1) is 16.9. The molecule has 1 aromatic carbocycles. The largest absolute Gasteiger partial charge is 0.494 e. The highest BCUT2D eigenvalue weighted by atomic mass is 31.0. The van der Waals surface area contributed by atoms with Gasteiger partial charge in [-0.05, 0) is 38.3 Å². The van der Waals surface area contributed by atoms with Crippen molar-refractivity contribution in [2.75, 3.05) is 44.7 Å². The third-order valence-corrected chi connectivity index (χ3v) is 6.77. The normalized spacial score (nSPS) is 17.0. The molecule has 4 rings (SSSR count). The molecule has 2 aliphatic heterocycles. The molecule has 9 nitrogen and oxygen atoms in total. The molecule has 3 heterocycles. The van der Waals surface area contributed by atoms with Gasteiger partial charge < -0.3 is 15.4 Å². The minimum Gasteiger partial charge on any atom is -0.494 e. The Labute approximate surface area is 210 Å². The summed E-state index contributed by atoms with van der Waals surface area (Å²) in [5.41, 5.74) is 9.47. The number of nitrogens with two attached hydrogens (primary N) is 1. The first-order valence-corrected chi connectivity index (χ1v) is 12.6. The van der Waals surface area contributed by atoms with E-state index >= 15 is 0 Å². The van der Waals surface area contributed by atoms with Crippen molar-refractivity contribution in [3.63, 3.8) is 0 Å². The van der Waals surface area contributed by atoms with E-state index < -0.39 is 0 Å². The van der Waals surface area contributed by atoms with Crippen LogP contribution in [0.5, 0.6) is 5.75 Å². The number of benzene rings is 1. The molecule has 2 aromatic rings. The molecule has 186 valence electrons. The highest BCUT2D eigenvalue weighted by molar-refractivity contribution is 7.27. The average Bonchev–Trinajstić information content (AvgIpc) is 2.87. The van der Waals surface area contributed by atoms with Crippen LogP contribution in [0.15, 0.2) is 47.3 Å². The molecule has 0 radical (unpaired) electrons. The molecule has 0 aliphatic carbocycles. The number of aromatic nitrogens is 2. The Balaban J connectivity index is 1.35. The Bertz CT molecular complexity index is 1110. The SMILES string of the molecule is C=C1c2cccc(OC)c2N=C(N)N1/N=C(\C)CN(CC)CC1CCN(c2ncc(P)cn2)CC1. The van der Waals surface area contributed by atoms with E-state index in [-0.39, 0.29) is 0 Å². The third-order valence-electron chi connectivity index (χ3n) is 6.47. The van der Waals surface area contributed by atoms with Gasteiger partial charge in [0, 0.05) is 55.2 Å². The highest BCUT2D eigenvalue weighted by Crippen LogP contribution is 2.39. The summed E-state index contributed by atoms with van der Waals surface area (Å²) in [6.45, 7) is 13.2. The van der Waals surface area contributed by atoms with Gasteiger partial charge in [-0.2, -0.15) is 5.10 Å². The number of piperidine rings is 1. The second-order valence-electron chi connectivity index (χ2n) is 8.99. The fraction of sp³-hybridized carbons (Fsp3) is 0.440. The number of anilines is 1. The molecule has 0 bridgehead atoms. The maximum Gasteiger partial charge on any atom is 0.225 e. The summed E-state index contributed by atoms with van der Waals surface area (Å²) in [6, 6.07) is 5.74. The Hall–Kier alpha value is -3.03. The monoisotopic (exact) mass is 494 g/mol. The van der Waals surface area contributed by atoms with E-state index in [0.29, 0.717) is 29.0 Å². The lowest BCUT2D eigenvalue weighted by Crippen LogP contribution is -2.41. The van der Waals surface area contributed by atoms with Crippen molar-refractivity contribution in [3.8, 4) is 5.75 Å². The number of hydrazone groups is 1. The molecule has 35 heavy (non-hydrogen) atoms. The molecule has 0 saturated carbocycles. The van der Waals surface area contributed by atoms with Crippen molar-refractivity contribution in [3.05, 3.63) is 42.7 Å². The van der Waals surface area contributed by atoms with Crippen LogP contribution >= 0.6 is 9.24 Å². The number of rotatable bonds is 8. The molecular weight excluding hydrogens is 459 g/mol. The van der Waals surface area contributed by atoms with Crippen LogP contribution in [0, 0.1) is 5.92 Å². The van der Waals surface area contributed by atoms with Gasteiger partial charge in [0.25, 0.3) is 0 Å². The smallest absolute Gasteiger partial charge is 0.225 e. The second kappa shape index (κ2) is 11.1. The lowest BCUT2D eigenvalue weighted by molar-refractivity contribution is 0.242. The number of methoxy groups -OCH3 is 1. The maximum atomic E-state index is 6.26. The van der Waals surface area contributed by atoms with E-state index in [1.165, 1.54) is 0 Å². The van der Waals surface area contributed by atoms with Gasteiger partial charge in [0.2, 0.25) is 11.9 Å². The fourth-order valence-corrected chi connectivity index (χ4v) is 4.72. The van der Waals surface area contributed by atoms with E-state index in [0.717, 1.165) is 68.1 Å². The first kappa shape index (κ1) is 25.1. The van der Waals surface area contributed by atoms with Crippen molar-refractivity contribution in [2.24, 2.45) is 21.7 Å². The lowest BCUT2D eigenvalue weighted by atomic mass is 9.96. The molecule has 1 aromatic heterocycles. The van der Waals surface area contributed by atoms with Gasteiger partial charge >= 0.3 is 0 Å². The van der Waals surface area contributed by atoms with Crippen LogP contribution < -0.4 is 20.7 Å². The van der Waals surface area contributed by atoms with E-state index in [1.807, 2.05) is 37.5 Å². The van der Waals surface area contributed by atoms with Gasteiger partial charge in [-0.15, -0.1) is 9.24 Å². The van der Waals surface area contributed by atoms with Crippen molar-refractivity contribution < 1.29 is 4.74 Å². The van der Waals surface area contributed by atoms with Crippen LogP contribution in [0.3, 0.4) is 0 Å². The molecule has 1 unspecified atom stereocenters. The third kappa shape index (κ3) is 5.80. The standard InChI is InChI=1S/C25H35N8OP/c1-5-31(16-19-9-11-32(12-10-19)25-27-13-20(35)14-28-25)15-17(2)30-33-18(3)21-7-6-8-22(34-4)23(21)29-24(33)26/h6-8,13-14,19H,3,5,9-12,15-16,35H2,1-2,4H3,(H2,26,29)/b30-17+. The minimum absolute atomic E-state index is 0.290. The first-order valence-electron chi connectivity index (χ1n) is 12.0. The van der Waals surface area contributed by atoms with Crippen molar-refractivity contribution >= 4 is 43.5 Å². The number of nitrogens with zero attached hydrogens (tertiary/aromatic N) is 7. The van der Waals surface area contributed by atoms with E-state index in [9.17, 15) is 0 Å². The van der Waals surface area contributed by atoms with E-state index in [2.05, 4.69) is 47.5 Å². The molecular formula is C25H35N8OP. The van der Waals surface area contributed by atoms with Gasteiger partial charge in [0.1, 0.15) is 11.4 Å². The summed E-state index contributed by atoms with van der Waals surface area (Å²) in [7, 11) is 4.25. The van der Waals surface area contributed by atoms with Gasteiger partial charge in [-0.1, -0.05) is 25.6 Å². The molecule has 1 atom stereocenters. The molecule has 0 amide bonds. The Morgan fingerprint density at radius 2 is 2.00 bits per heavy atom. The number of fused-ring (bicyclic) bond motifs is 1. The molecule has 1 saturated heterocycles. The highest BCUT2D eigenvalue weighted by Gasteiger charge is 2.25. The predicted molar refractivity (Wildman–Crippen MR) is 147 cm³/mol. The fourth-order valence-electron chi connectivity index (χ4n) is 4.57. The van der Waals surface area contributed by atoms with Crippen molar-refractivity contribution in [2.45, 2.75) is 26.7 Å². The van der Waals surface area contributed by atoms with Crippen LogP contribution in [0.2, 0.25) is 0 Å². The minimum atomic E-state index is 0.290. The second-order valence-corrected chi connectivity index (χ2v) is 9.66. The predicted octanol–water partition coefficient (Wildman–Crippen LogP) is 2.83. The van der Waals surface area contributed by atoms with Gasteiger partial charge in [-0.25, -0.2) is 20.0 Å². The zero-order valence-corrected chi connectivity index (χ0v) is 22.0. The van der Waals surface area contributed by atoms with Gasteiger partial charge in [-0.3, -0.25) is 4.90 Å². The maximum absolute atomic E-state index is 6.26. The molecule has 2 aliphatic rings. The summed E-state index contributed by atoms with van der Waals surface area (Å²) in [4.78, 5) is 18.2. The van der Waals surface area contributed by atoms with Crippen LogP contribution in [-0.2, 0) is 0 Å². The summed E-state index contributed by atoms with van der Waals surface area (Å²) in [6.07, 6.45) is 5.95. The van der Waals surface area contributed by atoms with Crippen LogP contribution in [-0.4, -0.2) is 71.4 Å². The zero-order valence-electron chi connectivity index (χ0n) is 20.8. The summed E-state index contributed by atoms with van der Waals surface area (Å²) < 4.78 is 5.43. The molecule has 10 heteroatoms. The lowest BCUT2D eigenvalue weighted by Gasteiger charge is -2.34. The summed E-state index contributed by atoms with van der Waals surface area (Å²) >= 11 is 0. The number of hydrogen-bond acceptors (Lipinski definition) is 9. The van der Waals surface area contributed by atoms with Crippen LogP contribution in [0.1, 0.15) is 32.3 Å². The molecule has 1 fully saturated rings. The molecule has 2 N–H and O–H groups in total. The number of guanidine groups is 1. The molecule has 0 spiro atoms. The van der Waals surface area contributed by atoms with Crippen molar-refractivity contribution in [1.82, 2.24) is 19.9 Å². The Morgan fingerprint density at radius 3 is 2.66 bits per heavy atom. The van der Waals surface area contributed by atoms with Crippen LogP contribution in [0.25, 0.3) is 5.70 Å².